The van der Waals surface area contributed by atoms with Crippen LogP contribution in [0.5, 0.6) is 5.75 Å². The first-order chi connectivity index (χ1) is 15.0. The van der Waals surface area contributed by atoms with Gasteiger partial charge in [-0.2, -0.15) is 0 Å². The molecule has 1 aromatic carbocycles. The highest BCUT2D eigenvalue weighted by Crippen LogP contribution is 2.42. The van der Waals surface area contributed by atoms with E-state index in [1.165, 1.54) is 16.7 Å². The Hall–Kier alpha value is -1.92. The Morgan fingerprint density at radius 2 is 1.74 bits per heavy atom. The molecule has 0 bridgehead atoms. The second-order valence-electron chi connectivity index (χ2n) is 7.07. The van der Waals surface area contributed by atoms with Crippen molar-refractivity contribution in [3.05, 3.63) is 74.5 Å². The van der Waals surface area contributed by atoms with Crippen molar-refractivity contribution >= 4 is 43.3 Å². The van der Waals surface area contributed by atoms with Gasteiger partial charge < -0.3 is 10.0 Å². The van der Waals surface area contributed by atoms with Crippen LogP contribution in [-0.4, -0.2) is 34.0 Å². The first-order valence-corrected chi connectivity index (χ1v) is 12.2. The maximum atomic E-state index is 11.7. The second kappa shape index (κ2) is 11.6. The van der Waals surface area contributed by atoms with Crippen LogP contribution in [0.1, 0.15) is 56.0 Å². The summed E-state index contributed by atoms with van der Waals surface area (Å²) < 4.78 is 1.75. The molecule has 1 aliphatic heterocycles. The van der Waals surface area contributed by atoms with Gasteiger partial charge in [0.15, 0.2) is 0 Å². The van der Waals surface area contributed by atoms with E-state index in [4.69, 9.17) is 4.98 Å². The highest BCUT2D eigenvalue weighted by molar-refractivity contribution is 9.10. The predicted molar refractivity (Wildman–Crippen MR) is 135 cm³/mol. The lowest BCUT2D eigenvalue weighted by Gasteiger charge is -2.29. The summed E-state index contributed by atoms with van der Waals surface area (Å²) in [5, 5.41) is 10.2. The summed E-state index contributed by atoms with van der Waals surface area (Å²) in [6.07, 6.45) is 5.26. The maximum absolute atomic E-state index is 11.7. The molecule has 1 aliphatic carbocycles. The Labute approximate surface area is 202 Å². The molecule has 0 spiro atoms. The predicted octanol–water partition coefficient (Wildman–Crippen LogP) is 6.68. The standard InChI is InChI=1S/C21H20Br2N2O2.C2H6.C2H4/c1-12(26)25-8-6-13(7-9-25)19-16-4-5-18(27)20(23)17(16)3-2-14-10-15(22)11-24-21(14)19;2*1-2/h4-5,10-11,27H,2-3,6-9H2,1H3;1-2H3;1-2H2. The van der Waals surface area contributed by atoms with Crippen LogP contribution in [0.4, 0.5) is 0 Å². The lowest BCUT2D eigenvalue weighted by Crippen LogP contribution is -2.34. The third kappa shape index (κ3) is 5.47. The minimum atomic E-state index is 0.135. The molecule has 0 radical (unpaired) electrons. The third-order valence-corrected chi connectivity index (χ3v) is 6.79. The van der Waals surface area contributed by atoms with Gasteiger partial charge in [-0.1, -0.05) is 25.5 Å². The Kier molecular flexibility index (Phi) is 9.51. The van der Waals surface area contributed by atoms with Crippen molar-refractivity contribution in [1.29, 1.82) is 0 Å². The molecule has 1 fully saturated rings. The Balaban J connectivity index is 0.000000807. The summed E-state index contributed by atoms with van der Waals surface area (Å²) in [5.74, 6) is 0.403. The van der Waals surface area contributed by atoms with Gasteiger partial charge in [0.2, 0.25) is 5.91 Å². The SMILES string of the molecule is C=C.CC.CC(=O)N1CCC(=C2c3ccc(O)c(Br)c3CCc3cc(Br)cnc32)CC1. The molecular formula is C25H30Br2N2O2. The van der Waals surface area contributed by atoms with Crippen molar-refractivity contribution in [3.8, 4) is 5.75 Å². The number of benzene rings is 1. The number of aryl methyl sites for hydroxylation is 1. The molecule has 31 heavy (non-hydrogen) atoms. The summed E-state index contributed by atoms with van der Waals surface area (Å²) in [7, 11) is 0. The highest BCUT2D eigenvalue weighted by Gasteiger charge is 2.27. The largest absolute Gasteiger partial charge is 0.507 e. The van der Waals surface area contributed by atoms with Gasteiger partial charge in [0.25, 0.3) is 0 Å². The van der Waals surface area contributed by atoms with E-state index in [1.54, 1.807) is 13.0 Å². The van der Waals surface area contributed by atoms with Crippen LogP contribution >= 0.6 is 31.9 Å². The number of pyridine rings is 1. The third-order valence-electron chi connectivity index (χ3n) is 5.47. The van der Waals surface area contributed by atoms with Gasteiger partial charge in [-0.25, -0.2) is 0 Å². The lowest BCUT2D eigenvalue weighted by molar-refractivity contribution is -0.129. The van der Waals surface area contributed by atoms with Gasteiger partial charge in [-0.15, -0.1) is 13.2 Å². The van der Waals surface area contributed by atoms with Crippen LogP contribution in [0.3, 0.4) is 0 Å². The summed E-state index contributed by atoms with van der Waals surface area (Å²) in [6.45, 7) is 13.1. The van der Waals surface area contributed by atoms with E-state index in [-0.39, 0.29) is 11.7 Å². The Morgan fingerprint density at radius 1 is 1.10 bits per heavy atom. The molecule has 0 saturated carbocycles. The van der Waals surface area contributed by atoms with Gasteiger partial charge in [-0.3, -0.25) is 9.78 Å². The van der Waals surface area contributed by atoms with Gasteiger partial charge >= 0.3 is 0 Å². The summed E-state index contributed by atoms with van der Waals surface area (Å²) >= 11 is 7.13. The topological polar surface area (TPSA) is 53.4 Å². The van der Waals surface area contributed by atoms with E-state index in [9.17, 15) is 9.90 Å². The van der Waals surface area contributed by atoms with Crippen LogP contribution < -0.4 is 0 Å². The Morgan fingerprint density at radius 3 is 2.35 bits per heavy atom. The molecule has 4 rings (SSSR count). The van der Waals surface area contributed by atoms with Crippen molar-refractivity contribution in [2.45, 2.75) is 46.5 Å². The van der Waals surface area contributed by atoms with E-state index in [0.717, 1.165) is 64.5 Å². The Bertz CT molecular complexity index is 976. The van der Waals surface area contributed by atoms with Crippen LogP contribution in [0.25, 0.3) is 5.57 Å². The minimum absolute atomic E-state index is 0.135. The fourth-order valence-electron chi connectivity index (χ4n) is 4.07. The number of aromatic hydroxyl groups is 1. The highest BCUT2D eigenvalue weighted by atomic mass is 79.9. The molecule has 1 saturated heterocycles. The summed E-state index contributed by atoms with van der Waals surface area (Å²) in [6, 6.07) is 5.90. The van der Waals surface area contributed by atoms with E-state index in [0.29, 0.717) is 0 Å². The zero-order valence-electron chi connectivity index (χ0n) is 18.5. The first-order valence-electron chi connectivity index (χ1n) is 10.6. The average Bonchev–Trinajstić information content (AvgIpc) is 2.96. The van der Waals surface area contributed by atoms with Crippen LogP contribution in [0, 0.1) is 0 Å². The van der Waals surface area contributed by atoms with Crippen molar-refractivity contribution in [3.63, 3.8) is 0 Å². The van der Waals surface area contributed by atoms with E-state index in [2.05, 4.69) is 51.1 Å². The number of amides is 1. The van der Waals surface area contributed by atoms with E-state index >= 15 is 0 Å². The fraction of sp³-hybridized carbons (Fsp3) is 0.360. The number of hydrogen-bond donors (Lipinski definition) is 1. The van der Waals surface area contributed by atoms with Crippen LogP contribution in [0.15, 0.2) is 52.1 Å². The monoisotopic (exact) mass is 548 g/mol. The zero-order valence-corrected chi connectivity index (χ0v) is 21.6. The number of piperidine rings is 1. The lowest BCUT2D eigenvalue weighted by atomic mass is 9.88. The van der Waals surface area contributed by atoms with E-state index < -0.39 is 0 Å². The molecule has 1 aromatic heterocycles. The molecule has 1 amide bonds. The average molecular weight is 550 g/mol. The molecule has 1 N–H and O–H groups in total. The smallest absolute Gasteiger partial charge is 0.219 e. The molecule has 166 valence electrons. The number of fused-ring (bicyclic) bond motifs is 2. The second-order valence-corrected chi connectivity index (χ2v) is 8.78. The summed E-state index contributed by atoms with van der Waals surface area (Å²) in [5.41, 5.74) is 7.02. The molecule has 0 unspecified atom stereocenters. The summed E-state index contributed by atoms with van der Waals surface area (Å²) in [4.78, 5) is 18.4. The molecular weight excluding hydrogens is 520 g/mol. The fourth-order valence-corrected chi connectivity index (χ4v) is 4.99. The molecule has 2 aliphatic rings. The van der Waals surface area contributed by atoms with Crippen molar-refractivity contribution < 1.29 is 9.90 Å². The maximum Gasteiger partial charge on any atom is 0.219 e. The first kappa shape index (κ1) is 25.3. The number of phenols is 1. The number of nitrogens with zero attached hydrogens (tertiary/aromatic N) is 2. The molecule has 0 atom stereocenters. The normalized spacial score (nSPS) is 14.8. The van der Waals surface area contributed by atoms with Crippen molar-refractivity contribution in [2.75, 3.05) is 13.1 Å². The van der Waals surface area contributed by atoms with Crippen molar-refractivity contribution in [1.82, 2.24) is 9.88 Å². The van der Waals surface area contributed by atoms with Gasteiger partial charge in [0.05, 0.1) is 10.2 Å². The van der Waals surface area contributed by atoms with Gasteiger partial charge in [0.1, 0.15) is 5.75 Å². The number of phenolic OH excluding ortho intramolecular Hbond substituents is 1. The molecule has 2 aromatic rings. The number of aromatic nitrogens is 1. The number of carbonyl (C=O) groups excluding carboxylic acids is 1. The zero-order chi connectivity index (χ0) is 23.1. The minimum Gasteiger partial charge on any atom is -0.507 e. The molecule has 4 nitrogen and oxygen atoms in total. The van der Waals surface area contributed by atoms with Crippen molar-refractivity contribution in [2.24, 2.45) is 0 Å². The molecule has 2 heterocycles. The number of rotatable bonds is 0. The van der Waals surface area contributed by atoms with Crippen LogP contribution in [0.2, 0.25) is 0 Å². The van der Waals surface area contributed by atoms with Gasteiger partial charge in [0, 0.05) is 36.3 Å². The van der Waals surface area contributed by atoms with Crippen LogP contribution in [-0.2, 0) is 17.6 Å². The quantitative estimate of drug-likeness (QED) is 0.373. The number of hydrogen-bond acceptors (Lipinski definition) is 3. The number of carbonyl (C=O) groups is 1. The number of halogens is 2. The molecule has 6 heteroatoms. The number of likely N-dealkylation sites (tertiary alicyclic amines) is 1. The van der Waals surface area contributed by atoms with E-state index in [1.807, 2.05) is 31.0 Å². The van der Waals surface area contributed by atoms with Gasteiger partial charge in [-0.05, 0) is 86.4 Å².